The second-order valence-electron chi connectivity index (χ2n) is 5.54. The van der Waals surface area contributed by atoms with Gasteiger partial charge in [0.15, 0.2) is 0 Å². The fourth-order valence-electron chi connectivity index (χ4n) is 1.88. The Balaban J connectivity index is 4.87. The van der Waals surface area contributed by atoms with E-state index in [1.807, 2.05) is 0 Å². The fraction of sp³-hybridized carbons (Fsp3) is 0.714. The Hall–Kier alpha value is -2.20. The molecule has 138 valence electrons. The van der Waals surface area contributed by atoms with Crippen molar-refractivity contribution in [1.29, 1.82) is 0 Å². The minimum absolute atomic E-state index is 0.0469. The van der Waals surface area contributed by atoms with Gasteiger partial charge in [-0.3, -0.25) is 14.4 Å². The number of rotatable bonds is 12. The molecule has 0 bridgehead atoms. The molecule has 0 fully saturated rings. The molecule has 0 aromatic heterocycles. The molecule has 0 aliphatic rings. The first-order valence-corrected chi connectivity index (χ1v) is 7.76. The Kier molecular flexibility index (Phi) is 10.3. The highest BCUT2D eigenvalue weighted by Gasteiger charge is 2.27. The van der Waals surface area contributed by atoms with Crippen LogP contribution in [0.15, 0.2) is 0 Å². The summed E-state index contributed by atoms with van der Waals surface area (Å²) < 4.78 is 0. The molecule has 0 rings (SSSR count). The monoisotopic (exact) mass is 345 g/mol. The predicted molar refractivity (Wildman–Crippen MR) is 86.5 cm³/mol. The van der Waals surface area contributed by atoms with Crippen molar-refractivity contribution in [3.8, 4) is 0 Å². The summed E-state index contributed by atoms with van der Waals surface area (Å²) in [7, 11) is 0. The van der Waals surface area contributed by atoms with Crippen molar-refractivity contribution in [2.24, 2.45) is 17.2 Å². The van der Waals surface area contributed by atoms with Crippen LogP contribution >= 0.6 is 0 Å². The van der Waals surface area contributed by atoms with E-state index in [1.165, 1.54) is 6.92 Å². The molecule has 0 saturated heterocycles. The molecule has 0 radical (unpaired) electrons. The average molecular weight is 345 g/mol. The van der Waals surface area contributed by atoms with Crippen LogP contribution in [0.5, 0.6) is 0 Å². The molecule has 0 heterocycles. The summed E-state index contributed by atoms with van der Waals surface area (Å²) >= 11 is 0. The third-order valence-electron chi connectivity index (χ3n) is 3.29. The third kappa shape index (κ3) is 9.06. The molecule has 0 saturated carbocycles. The van der Waals surface area contributed by atoms with E-state index in [-0.39, 0.29) is 19.3 Å². The summed E-state index contributed by atoms with van der Waals surface area (Å²) in [6.45, 7) is 1.86. The fourth-order valence-corrected chi connectivity index (χ4v) is 1.88. The van der Waals surface area contributed by atoms with Gasteiger partial charge in [-0.05, 0) is 39.2 Å². The predicted octanol–water partition coefficient (Wildman–Crippen LogP) is -2.22. The highest BCUT2D eigenvalue weighted by atomic mass is 16.4. The first-order valence-electron chi connectivity index (χ1n) is 7.76. The normalized spacial score (nSPS) is 14.3. The number of hydrogen-bond donors (Lipinski definition) is 6. The highest BCUT2D eigenvalue weighted by Crippen LogP contribution is 2.04. The number of carbonyl (C=O) groups excluding carboxylic acids is 3. The second-order valence-corrected chi connectivity index (χ2v) is 5.54. The smallest absolute Gasteiger partial charge is 0.326 e. The van der Waals surface area contributed by atoms with Crippen LogP contribution in [0.1, 0.15) is 39.0 Å². The van der Waals surface area contributed by atoms with Crippen molar-refractivity contribution in [3.63, 3.8) is 0 Å². The second kappa shape index (κ2) is 11.4. The van der Waals surface area contributed by atoms with E-state index in [0.29, 0.717) is 19.4 Å². The maximum Gasteiger partial charge on any atom is 0.326 e. The quantitative estimate of drug-likeness (QED) is 0.216. The van der Waals surface area contributed by atoms with Crippen LogP contribution in [0.2, 0.25) is 0 Å². The van der Waals surface area contributed by atoms with E-state index in [9.17, 15) is 19.2 Å². The lowest BCUT2D eigenvalue weighted by Gasteiger charge is -2.22. The van der Waals surface area contributed by atoms with Crippen molar-refractivity contribution in [3.05, 3.63) is 0 Å². The summed E-state index contributed by atoms with van der Waals surface area (Å²) in [5.74, 6) is -3.12. The van der Waals surface area contributed by atoms with Crippen LogP contribution in [0.3, 0.4) is 0 Å². The lowest BCUT2D eigenvalue weighted by atomic mass is 10.1. The first kappa shape index (κ1) is 21.8. The zero-order chi connectivity index (χ0) is 18.7. The lowest BCUT2D eigenvalue weighted by molar-refractivity contribution is -0.142. The van der Waals surface area contributed by atoms with E-state index in [2.05, 4.69) is 10.6 Å². The van der Waals surface area contributed by atoms with E-state index >= 15 is 0 Å². The molecule has 0 aliphatic carbocycles. The van der Waals surface area contributed by atoms with Crippen molar-refractivity contribution >= 4 is 23.7 Å². The summed E-state index contributed by atoms with van der Waals surface area (Å²) in [6.07, 6.45) is 1.19. The highest BCUT2D eigenvalue weighted by molar-refractivity contribution is 5.92. The molecule has 9 N–H and O–H groups in total. The van der Waals surface area contributed by atoms with Gasteiger partial charge in [0.05, 0.1) is 6.04 Å². The topological polar surface area (TPSA) is 191 Å². The van der Waals surface area contributed by atoms with Gasteiger partial charge in [-0.15, -0.1) is 0 Å². The van der Waals surface area contributed by atoms with Gasteiger partial charge in [0.2, 0.25) is 17.7 Å². The number of unbranched alkanes of at least 4 members (excludes halogenated alkanes) is 1. The molecule has 3 amide bonds. The standard InChI is InChI=1S/C14H27N5O5/c1-8(16)12(21)18-9(5-6-11(17)20)13(22)19-10(14(23)24)4-2-3-7-15/h8-10H,2-7,15-16H2,1H3,(H2,17,20)(H,18,21)(H,19,22)(H,23,24)/t8-,9-,10-/m0/s1. The minimum Gasteiger partial charge on any atom is -0.480 e. The van der Waals surface area contributed by atoms with Gasteiger partial charge in [-0.2, -0.15) is 0 Å². The molecule has 10 nitrogen and oxygen atoms in total. The number of nitrogens with one attached hydrogen (secondary N) is 2. The number of aliphatic carboxylic acids is 1. The van der Waals surface area contributed by atoms with Crippen LogP contribution in [-0.4, -0.2) is 53.5 Å². The molecule has 0 aromatic carbocycles. The van der Waals surface area contributed by atoms with Crippen LogP contribution < -0.4 is 27.8 Å². The number of hydrogen-bond acceptors (Lipinski definition) is 6. The maximum absolute atomic E-state index is 12.3. The number of amides is 3. The Labute approximate surface area is 140 Å². The Bertz CT molecular complexity index is 455. The molecule has 3 atom stereocenters. The minimum atomic E-state index is -1.19. The number of nitrogens with two attached hydrogens (primary N) is 3. The molecule has 10 heteroatoms. The average Bonchev–Trinajstić information content (AvgIpc) is 2.49. The van der Waals surface area contributed by atoms with Gasteiger partial charge in [0, 0.05) is 6.42 Å². The van der Waals surface area contributed by atoms with E-state index < -0.39 is 41.8 Å². The SMILES string of the molecule is C[C@H](N)C(=O)N[C@@H](CCC(N)=O)C(=O)N[C@@H](CCCCN)C(=O)O. The molecule has 0 aliphatic heterocycles. The van der Waals surface area contributed by atoms with Gasteiger partial charge in [-0.1, -0.05) is 0 Å². The lowest BCUT2D eigenvalue weighted by Crippen LogP contribution is -2.54. The molecule has 0 unspecified atom stereocenters. The molecule has 0 spiro atoms. The van der Waals surface area contributed by atoms with E-state index in [4.69, 9.17) is 22.3 Å². The summed E-state index contributed by atoms with van der Waals surface area (Å²) in [4.78, 5) is 46.0. The van der Waals surface area contributed by atoms with Crippen molar-refractivity contribution < 1.29 is 24.3 Å². The maximum atomic E-state index is 12.3. The third-order valence-corrected chi connectivity index (χ3v) is 3.29. The van der Waals surface area contributed by atoms with E-state index in [0.717, 1.165) is 0 Å². The van der Waals surface area contributed by atoms with Gasteiger partial charge in [-0.25, -0.2) is 4.79 Å². The molecule has 24 heavy (non-hydrogen) atoms. The van der Waals surface area contributed by atoms with Crippen LogP contribution in [0, 0.1) is 0 Å². The van der Waals surface area contributed by atoms with Gasteiger partial charge in [0.1, 0.15) is 12.1 Å². The summed E-state index contributed by atoms with van der Waals surface area (Å²) in [5, 5.41) is 13.9. The molecular formula is C14H27N5O5. The number of primary amides is 1. The summed E-state index contributed by atoms with van der Waals surface area (Å²) in [6, 6.07) is -3.05. The summed E-state index contributed by atoms with van der Waals surface area (Å²) in [5.41, 5.74) is 15.8. The largest absolute Gasteiger partial charge is 0.480 e. The van der Waals surface area contributed by atoms with Gasteiger partial charge in [0.25, 0.3) is 0 Å². The first-order chi connectivity index (χ1) is 11.2. The van der Waals surface area contributed by atoms with Crippen LogP contribution in [-0.2, 0) is 19.2 Å². The van der Waals surface area contributed by atoms with Crippen LogP contribution in [0.4, 0.5) is 0 Å². The van der Waals surface area contributed by atoms with Gasteiger partial charge < -0.3 is 32.9 Å². The zero-order valence-electron chi connectivity index (χ0n) is 13.8. The van der Waals surface area contributed by atoms with Crippen molar-refractivity contribution in [2.75, 3.05) is 6.54 Å². The Morgan fingerprint density at radius 3 is 2.04 bits per heavy atom. The number of carbonyl (C=O) groups is 4. The van der Waals surface area contributed by atoms with Crippen LogP contribution in [0.25, 0.3) is 0 Å². The van der Waals surface area contributed by atoms with Crippen molar-refractivity contribution in [1.82, 2.24) is 10.6 Å². The molecule has 0 aromatic rings. The number of carboxylic acid groups (broad SMARTS) is 1. The Morgan fingerprint density at radius 2 is 1.58 bits per heavy atom. The zero-order valence-corrected chi connectivity index (χ0v) is 13.8. The molecular weight excluding hydrogens is 318 g/mol. The van der Waals surface area contributed by atoms with Gasteiger partial charge >= 0.3 is 5.97 Å². The van der Waals surface area contributed by atoms with E-state index in [1.54, 1.807) is 0 Å². The Morgan fingerprint density at radius 1 is 1.00 bits per heavy atom. The number of carboxylic acids is 1. The van der Waals surface area contributed by atoms with Crippen molar-refractivity contribution in [2.45, 2.75) is 57.2 Å².